The Morgan fingerprint density at radius 2 is 2.38 bits per heavy atom. The van der Waals surface area contributed by atoms with Crippen molar-refractivity contribution >= 4 is 12.2 Å². The standard InChI is InChI=1S/C4H9N3O/c1-3(5)2-7-4(6)8/h2-3H,5H2,1H3,(H2,6,8). The van der Waals surface area contributed by atoms with Gasteiger partial charge in [-0.15, -0.1) is 0 Å². The van der Waals surface area contributed by atoms with E-state index in [0.717, 1.165) is 0 Å². The minimum atomic E-state index is -0.706. The second kappa shape index (κ2) is 3.15. The van der Waals surface area contributed by atoms with E-state index in [4.69, 9.17) is 5.73 Å². The van der Waals surface area contributed by atoms with Gasteiger partial charge in [0.25, 0.3) is 0 Å². The van der Waals surface area contributed by atoms with Gasteiger partial charge in [-0.05, 0) is 6.92 Å². The molecule has 2 amide bonds. The van der Waals surface area contributed by atoms with Crippen LogP contribution >= 0.6 is 0 Å². The Balaban J connectivity index is 3.50. The number of carbonyl (C=O) groups excluding carboxylic acids is 1. The molecule has 0 saturated carbocycles. The molecule has 46 valence electrons. The van der Waals surface area contributed by atoms with Gasteiger partial charge in [0.05, 0.1) is 0 Å². The van der Waals surface area contributed by atoms with Crippen molar-refractivity contribution in [3.63, 3.8) is 0 Å². The van der Waals surface area contributed by atoms with Crippen molar-refractivity contribution in [2.75, 3.05) is 0 Å². The van der Waals surface area contributed by atoms with Gasteiger partial charge in [0.2, 0.25) is 0 Å². The summed E-state index contributed by atoms with van der Waals surface area (Å²) in [7, 11) is 0. The summed E-state index contributed by atoms with van der Waals surface area (Å²) in [5, 5.41) is 0. The fraction of sp³-hybridized carbons (Fsp3) is 0.500. The van der Waals surface area contributed by atoms with E-state index < -0.39 is 6.03 Å². The summed E-state index contributed by atoms with van der Waals surface area (Å²) in [6.45, 7) is 1.70. The molecule has 0 rings (SSSR count). The van der Waals surface area contributed by atoms with Crippen LogP contribution in [0.5, 0.6) is 0 Å². The van der Waals surface area contributed by atoms with Crippen LogP contribution < -0.4 is 11.5 Å². The first-order chi connectivity index (χ1) is 3.63. The van der Waals surface area contributed by atoms with Crippen LogP contribution in [-0.2, 0) is 0 Å². The fourth-order valence-electron chi connectivity index (χ4n) is 0.191. The maximum atomic E-state index is 9.87. The Morgan fingerprint density at radius 3 is 2.50 bits per heavy atom. The van der Waals surface area contributed by atoms with Crippen LogP contribution in [0, 0.1) is 0 Å². The molecule has 0 aromatic carbocycles. The zero-order chi connectivity index (χ0) is 6.57. The summed E-state index contributed by atoms with van der Waals surface area (Å²) < 4.78 is 0. The van der Waals surface area contributed by atoms with Gasteiger partial charge in [-0.1, -0.05) is 0 Å². The van der Waals surface area contributed by atoms with Gasteiger partial charge < -0.3 is 11.5 Å². The van der Waals surface area contributed by atoms with Gasteiger partial charge in [0.15, 0.2) is 0 Å². The highest BCUT2D eigenvalue weighted by Gasteiger charge is 1.85. The van der Waals surface area contributed by atoms with Crippen LogP contribution in [-0.4, -0.2) is 18.3 Å². The Kier molecular flexibility index (Phi) is 2.79. The monoisotopic (exact) mass is 115 g/mol. The number of aliphatic imine (C=N–C) groups is 1. The lowest BCUT2D eigenvalue weighted by atomic mass is 10.4. The minimum Gasteiger partial charge on any atom is -0.350 e. The van der Waals surface area contributed by atoms with Gasteiger partial charge in [0, 0.05) is 12.3 Å². The molecule has 1 unspecified atom stereocenters. The molecule has 4 heteroatoms. The van der Waals surface area contributed by atoms with Crippen molar-refractivity contribution in [2.45, 2.75) is 13.0 Å². The predicted octanol–water partition coefficient (Wildman–Crippen LogP) is -0.517. The summed E-state index contributed by atoms with van der Waals surface area (Å²) in [6.07, 6.45) is 1.29. The van der Waals surface area contributed by atoms with Crippen molar-refractivity contribution in [3.05, 3.63) is 0 Å². The molecular weight excluding hydrogens is 106 g/mol. The molecule has 8 heavy (non-hydrogen) atoms. The summed E-state index contributed by atoms with van der Waals surface area (Å²) >= 11 is 0. The number of hydrogen-bond donors (Lipinski definition) is 2. The number of amides is 2. The number of urea groups is 1. The average molecular weight is 115 g/mol. The third kappa shape index (κ3) is 5.10. The first kappa shape index (κ1) is 7.10. The van der Waals surface area contributed by atoms with E-state index in [-0.39, 0.29) is 6.04 Å². The number of hydrogen-bond acceptors (Lipinski definition) is 2. The number of rotatable bonds is 1. The van der Waals surface area contributed by atoms with Crippen molar-refractivity contribution in [1.29, 1.82) is 0 Å². The third-order valence-electron chi connectivity index (χ3n) is 0.437. The average Bonchev–Trinajstić information content (AvgIpc) is 1.61. The van der Waals surface area contributed by atoms with Gasteiger partial charge in [-0.3, -0.25) is 0 Å². The molecule has 4 nitrogen and oxygen atoms in total. The smallest absolute Gasteiger partial charge is 0.338 e. The number of nitrogens with two attached hydrogens (primary N) is 2. The first-order valence-corrected chi connectivity index (χ1v) is 2.22. The maximum Gasteiger partial charge on any atom is 0.338 e. The normalized spacial score (nSPS) is 14.2. The second-order valence-electron chi connectivity index (χ2n) is 1.48. The SMILES string of the molecule is CC(N)C=NC(N)=O. The van der Waals surface area contributed by atoms with Gasteiger partial charge in [0.1, 0.15) is 0 Å². The number of primary amides is 1. The molecule has 0 fully saturated rings. The highest BCUT2D eigenvalue weighted by molar-refractivity contribution is 5.83. The quantitative estimate of drug-likeness (QED) is 0.451. The Morgan fingerprint density at radius 1 is 1.88 bits per heavy atom. The molecule has 0 aliphatic heterocycles. The molecular formula is C4H9N3O. The van der Waals surface area contributed by atoms with Crippen LogP contribution in [0.3, 0.4) is 0 Å². The second-order valence-corrected chi connectivity index (χ2v) is 1.48. The van der Waals surface area contributed by atoms with Crippen LogP contribution in [0.15, 0.2) is 4.99 Å². The zero-order valence-corrected chi connectivity index (χ0v) is 4.66. The predicted molar refractivity (Wildman–Crippen MR) is 31.7 cm³/mol. The molecule has 0 heterocycles. The van der Waals surface area contributed by atoms with E-state index >= 15 is 0 Å². The number of carbonyl (C=O) groups is 1. The van der Waals surface area contributed by atoms with Crippen LogP contribution in [0.4, 0.5) is 4.79 Å². The Labute approximate surface area is 47.6 Å². The first-order valence-electron chi connectivity index (χ1n) is 2.22. The molecule has 0 radical (unpaired) electrons. The summed E-state index contributed by atoms with van der Waals surface area (Å²) in [4.78, 5) is 13.1. The molecule has 0 aliphatic carbocycles. The molecule has 4 N–H and O–H groups in total. The Bertz CT molecular complexity index is 108. The summed E-state index contributed by atoms with van der Waals surface area (Å²) in [5.41, 5.74) is 9.83. The van der Waals surface area contributed by atoms with Crippen molar-refractivity contribution in [1.82, 2.24) is 0 Å². The maximum absolute atomic E-state index is 9.87. The number of nitrogens with zero attached hydrogens (tertiary/aromatic N) is 1. The highest BCUT2D eigenvalue weighted by Crippen LogP contribution is 1.68. The van der Waals surface area contributed by atoms with E-state index in [1.807, 2.05) is 0 Å². The van der Waals surface area contributed by atoms with Gasteiger partial charge in [-0.2, -0.15) is 0 Å². The van der Waals surface area contributed by atoms with Crippen molar-refractivity contribution in [3.8, 4) is 0 Å². The third-order valence-corrected chi connectivity index (χ3v) is 0.437. The lowest BCUT2D eigenvalue weighted by Crippen LogP contribution is -2.18. The van der Waals surface area contributed by atoms with Crippen LogP contribution in [0.1, 0.15) is 6.92 Å². The van der Waals surface area contributed by atoms with E-state index in [1.165, 1.54) is 6.21 Å². The molecule has 0 spiro atoms. The van der Waals surface area contributed by atoms with E-state index in [2.05, 4.69) is 10.7 Å². The minimum absolute atomic E-state index is 0.206. The molecule has 0 aliphatic rings. The molecule has 1 atom stereocenters. The highest BCUT2D eigenvalue weighted by atomic mass is 16.2. The molecule has 0 aromatic heterocycles. The van der Waals surface area contributed by atoms with E-state index in [1.54, 1.807) is 6.92 Å². The van der Waals surface area contributed by atoms with Crippen LogP contribution in [0.2, 0.25) is 0 Å². The van der Waals surface area contributed by atoms with E-state index in [9.17, 15) is 4.79 Å². The van der Waals surface area contributed by atoms with Crippen molar-refractivity contribution < 1.29 is 4.79 Å². The Hall–Kier alpha value is -0.900. The lowest BCUT2D eigenvalue weighted by molar-refractivity contribution is 0.257. The molecule has 0 bridgehead atoms. The fourth-order valence-corrected chi connectivity index (χ4v) is 0.191. The molecule has 0 aromatic rings. The van der Waals surface area contributed by atoms with Gasteiger partial charge in [-0.25, -0.2) is 9.79 Å². The van der Waals surface area contributed by atoms with Gasteiger partial charge >= 0.3 is 6.03 Å². The van der Waals surface area contributed by atoms with Crippen LogP contribution in [0.25, 0.3) is 0 Å². The van der Waals surface area contributed by atoms with Crippen molar-refractivity contribution in [2.24, 2.45) is 16.5 Å². The largest absolute Gasteiger partial charge is 0.350 e. The summed E-state index contributed by atoms with van der Waals surface area (Å²) in [6, 6.07) is -0.912. The topological polar surface area (TPSA) is 81.5 Å². The molecule has 0 saturated heterocycles. The lowest BCUT2D eigenvalue weighted by Gasteiger charge is -1.88. The zero-order valence-electron chi connectivity index (χ0n) is 4.66. The summed E-state index contributed by atoms with van der Waals surface area (Å²) in [5.74, 6) is 0. The van der Waals surface area contributed by atoms with E-state index in [0.29, 0.717) is 0 Å².